The molecule has 6 atom stereocenters. The number of para-hydroxylation sites is 1. The van der Waals surface area contributed by atoms with Crippen molar-refractivity contribution in [3.05, 3.63) is 29.8 Å². The first-order valence-electron chi connectivity index (χ1n) is 11.3. The van der Waals surface area contributed by atoms with Crippen LogP contribution >= 0.6 is 0 Å². The van der Waals surface area contributed by atoms with Gasteiger partial charge in [0.1, 0.15) is 5.66 Å². The van der Waals surface area contributed by atoms with E-state index < -0.39 is 5.66 Å². The summed E-state index contributed by atoms with van der Waals surface area (Å²) < 4.78 is 0. The summed E-state index contributed by atoms with van der Waals surface area (Å²) in [7, 11) is 0. The summed E-state index contributed by atoms with van der Waals surface area (Å²) in [5.74, 6) is 1.89. The van der Waals surface area contributed by atoms with Gasteiger partial charge in [-0.15, -0.1) is 0 Å². The highest BCUT2D eigenvalue weighted by molar-refractivity contribution is 6.02. The molecule has 156 valence electrons. The number of anilines is 1. The maximum absolute atomic E-state index is 13.6. The number of nitrogens with one attached hydrogen (secondary N) is 2. The van der Waals surface area contributed by atoms with Gasteiger partial charge in [0.2, 0.25) is 5.91 Å². The van der Waals surface area contributed by atoms with Crippen molar-refractivity contribution >= 4 is 17.5 Å². The Bertz CT molecular complexity index is 844. The molecule has 0 radical (unpaired) electrons. The van der Waals surface area contributed by atoms with E-state index in [4.69, 9.17) is 0 Å². The Balaban J connectivity index is 1.41. The number of likely N-dealkylation sites (tertiary alicyclic amines) is 1. The van der Waals surface area contributed by atoms with Crippen molar-refractivity contribution in [3.63, 3.8) is 0 Å². The Morgan fingerprint density at radius 1 is 1.10 bits per heavy atom. The van der Waals surface area contributed by atoms with Crippen LogP contribution in [0.5, 0.6) is 0 Å². The van der Waals surface area contributed by atoms with Crippen molar-refractivity contribution in [2.75, 3.05) is 18.4 Å². The van der Waals surface area contributed by atoms with Gasteiger partial charge in [-0.2, -0.15) is 0 Å². The number of piperidine rings is 1. The van der Waals surface area contributed by atoms with Crippen LogP contribution in [-0.4, -0.2) is 35.5 Å². The summed E-state index contributed by atoms with van der Waals surface area (Å²) >= 11 is 0. The van der Waals surface area contributed by atoms with Crippen LogP contribution in [0.25, 0.3) is 0 Å². The van der Waals surface area contributed by atoms with Gasteiger partial charge in [-0.1, -0.05) is 32.9 Å². The van der Waals surface area contributed by atoms with Crippen molar-refractivity contribution in [2.45, 2.75) is 58.5 Å². The molecule has 2 bridgehead atoms. The fraction of sp³-hybridized carbons (Fsp3) is 0.667. The summed E-state index contributed by atoms with van der Waals surface area (Å²) in [5.41, 5.74) is 1.14. The van der Waals surface area contributed by atoms with Gasteiger partial charge >= 0.3 is 0 Å². The van der Waals surface area contributed by atoms with Gasteiger partial charge in [0.05, 0.1) is 5.56 Å². The highest BCUT2D eigenvalue weighted by Crippen LogP contribution is 2.59. The largest absolute Gasteiger partial charge is 0.362 e. The number of carbonyl (C=O) groups excluding carboxylic acids is 2. The Labute approximate surface area is 173 Å². The molecule has 1 aromatic rings. The molecule has 0 aromatic heterocycles. The second kappa shape index (κ2) is 6.48. The topological polar surface area (TPSA) is 61.4 Å². The van der Waals surface area contributed by atoms with Crippen LogP contribution < -0.4 is 10.6 Å². The van der Waals surface area contributed by atoms with Crippen LogP contribution in [0.2, 0.25) is 0 Å². The van der Waals surface area contributed by atoms with Crippen molar-refractivity contribution in [1.82, 2.24) is 10.2 Å². The van der Waals surface area contributed by atoms with Crippen LogP contribution in [-0.2, 0) is 4.79 Å². The molecular formula is C24H33N3O2. The SMILES string of the molecule is C[C@@H]1C[C@H](C)CN(C(=O)[C@H]2C[C@H]3CC[C@@]2(C)C[C@]32NC(=O)c3ccccc3N2)C1. The molecule has 0 unspecified atom stereocenters. The summed E-state index contributed by atoms with van der Waals surface area (Å²) in [5, 5.41) is 7.02. The minimum Gasteiger partial charge on any atom is -0.362 e. The fourth-order valence-corrected chi connectivity index (χ4v) is 6.89. The van der Waals surface area contributed by atoms with E-state index in [-0.39, 0.29) is 23.2 Å². The molecular weight excluding hydrogens is 362 g/mol. The predicted molar refractivity (Wildman–Crippen MR) is 113 cm³/mol. The van der Waals surface area contributed by atoms with Gasteiger partial charge in [-0.3, -0.25) is 9.59 Å². The quantitative estimate of drug-likeness (QED) is 0.759. The van der Waals surface area contributed by atoms with Gasteiger partial charge < -0.3 is 15.5 Å². The Morgan fingerprint density at radius 2 is 1.83 bits per heavy atom. The number of rotatable bonds is 1. The molecule has 2 amide bonds. The van der Waals surface area contributed by atoms with Gasteiger partial charge in [0.25, 0.3) is 5.91 Å². The molecule has 1 aromatic carbocycles. The van der Waals surface area contributed by atoms with Gasteiger partial charge in [-0.25, -0.2) is 0 Å². The van der Waals surface area contributed by atoms with Crippen molar-refractivity contribution < 1.29 is 9.59 Å². The third-order valence-electron chi connectivity index (χ3n) is 8.15. The Kier molecular flexibility index (Phi) is 4.24. The molecule has 5 nitrogen and oxygen atoms in total. The lowest BCUT2D eigenvalue weighted by molar-refractivity contribution is -0.153. The van der Waals surface area contributed by atoms with Gasteiger partial charge in [-0.05, 0) is 61.5 Å². The van der Waals surface area contributed by atoms with E-state index >= 15 is 0 Å². The molecule has 5 aliphatic rings. The number of amides is 2. The summed E-state index contributed by atoms with van der Waals surface area (Å²) in [6.45, 7) is 8.59. The lowest BCUT2D eigenvalue weighted by atomic mass is 9.51. The lowest BCUT2D eigenvalue weighted by Gasteiger charge is -2.61. The molecule has 3 saturated carbocycles. The molecule has 1 spiro atoms. The van der Waals surface area contributed by atoms with E-state index in [1.165, 1.54) is 6.42 Å². The average molecular weight is 396 g/mol. The van der Waals surface area contributed by atoms with Crippen LogP contribution in [0.15, 0.2) is 24.3 Å². The zero-order chi connectivity index (χ0) is 20.4. The third kappa shape index (κ3) is 2.96. The van der Waals surface area contributed by atoms with Gasteiger partial charge in [0.15, 0.2) is 0 Å². The van der Waals surface area contributed by atoms with Crippen molar-refractivity contribution in [3.8, 4) is 0 Å². The fourth-order valence-electron chi connectivity index (χ4n) is 6.89. The first-order chi connectivity index (χ1) is 13.8. The zero-order valence-electron chi connectivity index (χ0n) is 17.8. The maximum Gasteiger partial charge on any atom is 0.255 e. The molecule has 3 aliphatic carbocycles. The number of hydrogen-bond donors (Lipinski definition) is 2. The van der Waals surface area contributed by atoms with Crippen LogP contribution in [0.4, 0.5) is 5.69 Å². The van der Waals surface area contributed by atoms with Crippen molar-refractivity contribution in [1.29, 1.82) is 0 Å². The molecule has 6 rings (SSSR count). The molecule has 5 heteroatoms. The summed E-state index contributed by atoms with van der Waals surface area (Å²) in [6.07, 6.45) is 5.02. The highest BCUT2D eigenvalue weighted by Gasteiger charge is 2.60. The average Bonchev–Trinajstić information content (AvgIpc) is 2.66. The minimum absolute atomic E-state index is 0.0112. The smallest absolute Gasteiger partial charge is 0.255 e. The molecule has 2 aliphatic heterocycles. The van der Waals surface area contributed by atoms with E-state index in [2.05, 4.69) is 36.3 Å². The number of nitrogens with zero attached hydrogens (tertiary/aromatic N) is 1. The maximum atomic E-state index is 13.6. The third-order valence-corrected chi connectivity index (χ3v) is 8.15. The molecule has 1 saturated heterocycles. The summed E-state index contributed by atoms with van der Waals surface area (Å²) in [6, 6.07) is 7.76. The van der Waals surface area contributed by atoms with Crippen LogP contribution in [0.3, 0.4) is 0 Å². The number of hydrogen-bond acceptors (Lipinski definition) is 3. The zero-order valence-corrected chi connectivity index (χ0v) is 17.8. The van der Waals surface area contributed by atoms with E-state index in [0.717, 1.165) is 44.5 Å². The number of fused-ring (bicyclic) bond motifs is 3. The number of benzene rings is 1. The standard InChI is InChI=1S/C24H33N3O2/c1-15-10-16(2)13-27(12-15)22(29)19-11-17-8-9-23(19,3)14-24(17)25-20-7-5-4-6-18(20)21(28)26-24/h4-7,15-17,19,25H,8-14H2,1-3H3,(H,26,28)/t15-,16+,17-,19-,23+,24+/m1/s1. The van der Waals surface area contributed by atoms with Crippen molar-refractivity contribution in [2.24, 2.45) is 29.1 Å². The second-order valence-electron chi connectivity index (χ2n) is 10.6. The van der Waals surface area contributed by atoms with Crippen LogP contribution in [0.1, 0.15) is 63.2 Å². The highest BCUT2D eigenvalue weighted by atomic mass is 16.2. The van der Waals surface area contributed by atoms with E-state index in [9.17, 15) is 9.59 Å². The summed E-state index contributed by atoms with van der Waals surface area (Å²) in [4.78, 5) is 28.6. The molecule has 29 heavy (non-hydrogen) atoms. The van der Waals surface area contributed by atoms with E-state index in [1.54, 1.807) is 0 Å². The normalized spacial score (nSPS) is 40.9. The first-order valence-corrected chi connectivity index (χ1v) is 11.3. The number of carbonyl (C=O) groups is 2. The van der Waals surface area contributed by atoms with Crippen LogP contribution in [0, 0.1) is 29.1 Å². The monoisotopic (exact) mass is 395 g/mol. The molecule has 2 heterocycles. The first kappa shape index (κ1) is 19.0. The molecule has 2 N–H and O–H groups in total. The van der Waals surface area contributed by atoms with E-state index in [1.807, 2.05) is 24.3 Å². The van der Waals surface area contributed by atoms with Gasteiger partial charge in [0, 0.05) is 30.6 Å². The lowest BCUT2D eigenvalue weighted by Crippen LogP contribution is -2.70. The predicted octanol–water partition coefficient (Wildman–Crippen LogP) is 3.87. The minimum atomic E-state index is -0.419. The Morgan fingerprint density at radius 3 is 2.55 bits per heavy atom. The Hall–Kier alpha value is -2.04. The second-order valence-corrected chi connectivity index (χ2v) is 10.6. The molecule has 4 fully saturated rings. The van der Waals surface area contributed by atoms with E-state index in [0.29, 0.717) is 23.3 Å².